The van der Waals surface area contributed by atoms with Crippen molar-refractivity contribution < 1.29 is 13.9 Å². The second-order valence-corrected chi connectivity index (χ2v) is 10.6. The molecule has 0 aliphatic heterocycles. The average Bonchev–Trinajstić information content (AvgIpc) is 3.64. The van der Waals surface area contributed by atoms with Crippen molar-refractivity contribution in [1.82, 2.24) is 45.5 Å². The molecular weight excluding hydrogens is 539 g/mol. The van der Waals surface area contributed by atoms with Gasteiger partial charge >= 0.3 is 0 Å². The number of carbonyl (C=O) groups is 1. The Kier molecular flexibility index (Phi) is 7.33. The van der Waals surface area contributed by atoms with Crippen LogP contribution in [0.25, 0.3) is 16.7 Å². The van der Waals surface area contributed by atoms with E-state index in [9.17, 15) is 9.18 Å². The van der Waals surface area contributed by atoms with E-state index in [0.717, 1.165) is 28.5 Å². The predicted molar refractivity (Wildman–Crippen MR) is 153 cm³/mol. The molecule has 1 saturated carbocycles. The van der Waals surface area contributed by atoms with Gasteiger partial charge < -0.3 is 15.4 Å². The zero-order valence-electron chi connectivity index (χ0n) is 23.5. The van der Waals surface area contributed by atoms with Gasteiger partial charge in [0, 0.05) is 36.4 Å². The zero-order valence-corrected chi connectivity index (χ0v) is 23.5. The fraction of sp³-hybridized carbons (Fsp3) is 0.345. The highest BCUT2D eigenvalue weighted by molar-refractivity contribution is 5.86. The Morgan fingerprint density at radius 1 is 1.19 bits per heavy atom. The Bertz CT molecular complexity index is 1710. The number of hydrogen-bond acceptors (Lipinski definition) is 9. The molecule has 0 radical (unpaired) electrons. The fourth-order valence-electron chi connectivity index (χ4n) is 5.47. The van der Waals surface area contributed by atoms with Crippen LogP contribution in [0.3, 0.4) is 0 Å². The van der Waals surface area contributed by atoms with Crippen molar-refractivity contribution in [1.29, 1.82) is 0 Å². The number of aromatic amines is 1. The molecule has 1 aliphatic rings. The number of H-pyrrole nitrogens is 1. The zero-order chi connectivity index (χ0) is 29.3. The van der Waals surface area contributed by atoms with E-state index in [0.29, 0.717) is 48.8 Å². The predicted octanol–water partition coefficient (Wildman–Crippen LogP) is 4.44. The van der Waals surface area contributed by atoms with Crippen molar-refractivity contribution in [3.63, 3.8) is 0 Å². The molecule has 5 aromatic rings. The Labute approximate surface area is 241 Å². The molecule has 12 nitrogen and oxygen atoms in total. The van der Waals surface area contributed by atoms with E-state index in [1.807, 2.05) is 38.1 Å². The molecule has 13 heteroatoms. The summed E-state index contributed by atoms with van der Waals surface area (Å²) in [6.07, 6.45) is 6.54. The van der Waals surface area contributed by atoms with Crippen LogP contribution in [0.1, 0.15) is 61.6 Å². The summed E-state index contributed by atoms with van der Waals surface area (Å²) < 4.78 is 20.5. The van der Waals surface area contributed by atoms with Crippen LogP contribution in [0.4, 0.5) is 16.0 Å². The molecular formula is C29H31FN10O2. The highest BCUT2D eigenvalue weighted by atomic mass is 19.1. The normalized spacial score (nSPS) is 19.5. The molecule has 5 aromatic heterocycles. The van der Waals surface area contributed by atoms with E-state index in [1.54, 1.807) is 25.4 Å². The third kappa shape index (κ3) is 5.42. The monoisotopic (exact) mass is 570 g/mol. The van der Waals surface area contributed by atoms with Crippen LogP contribution in [-0.2, 0) is 9.53 Å². The number of methoxy groups -OCH3 is 1. The Balaban J connectivity index is 1.16. The lowest BCUT2D eigenvalue weighted by atomic mass is 9.76. The summed E-state index contributed by atoms with van der Waals surface area (Å²) in [6, 6.07) is 10.8. The highest BCUT2D eigenvalue weighted by Gasteiger charge is 2.43. The summed E-state index contributed by atoms with van der Waals surface area (Å²) in [7, 11) is 1.58. The van der Waals surface area contributed by atoms with E-state index in [4.69, 9.17) is 9.72 Å². The van der Waals surface area contributed by atoms with Gasteiger partial charge in [-0.15, -0.1) is 5.10 Å². The molecule has 0 bridgehead atoms. The fourth-order valence-corrected chi connectivity index (χ4v) is 5.47. The van der Waals surface area contributed by atoms with Crippen LogP contribution in [0.15, 0.2) is 55.0 Å². The number of amides is 1. The second kappa shape index (κ2) is 11.2. The van der Waals surface area contributed by atoms with Crippen LogP contribution < -0.4 is 10.6 Å². The molecule has 1 aliphatic carbocycles. The van der Waals surface area contributed by atoms with E-state index in [-0.39, 0.29) is 11.8 Å². The van der Waals surface area contributed by atoms with Gasteiger partial charge in [-0.2, -0.15) is 15.3 Å². The lowest BCUT2D eigenvalue weighted by Gasteiger charge is -2.38. The molecule has 0 spiro atoms. The topological polar surface area (TPSA) is 148 Å². The molecule has 0 saturated heterocycles. The molecule has 5 heterocycles. The van der Waals surface area contributed by atoms with E-state index < -0.39 is 17.5 Å². The van der Waals surface area contributed by atoms with Gasteiger partial charge in [0.25, 0.3) is 5.91 Å². The van der Waals surface area contributed by atoms with Gasteiger partial charge in [0.15, 0.2) is 17.5 Å². The third-order valence-electron chi connectivity index (χ3n) is 7.81. The van der Waals surface area contributed by atoms with Crippen LogP contribution in [0.5, 0.6) is 0 Å². The summed E-state index contributed by atoms with van der Waals surface area (Å²) in [5, 5.41) is 26.8. The number of rotatable bonds is 8. The van der Waals surface area contributed by atoms with Crippen molar-refractivity contribution in [2.75, 3.05) is 12.4 Å². The number of ether oxygens (including phenoxy) is 1. The summed E-state index contributed by atoms with van der Waals surface area (Å²) in [5.74, 6) is 1.20. The summed E-state index contributed by atoms with van der Waals surface area (Å²) in [6.45, 7) is 3.78. The smallest absolute Gasteiger partial charge is 0.252 e. The second-order valence-electron chi connectivity index (χ2n) is 10.6. The SMILES string of the molecule is CO[C@]1(C(=O)N[C@@H](C)c2ccc(-n3cc(F)cn3)nn2)CC[C@H](c2nc(Nc3cc(C)[nH]n3)cc3cccnc32)CC1. The van der Waals surface area contributed by atoms with Gasteiger partial charge in [0.05, 0.1) is 35.3 Å². The lowest BCUT2D eigenvalue weighted by molar-refractivity contribution is -0.148. The first-order valence-corrected chi connectivity index (χ1v) is 13.8. The number of pyridine rings is 2. The summed E-state index contributed by atoms with van der Waals surface area (Å²) in [5.41, 5.74) is 2.29. The highest BCUT2D eigenvalue weighted by Crippen LogP contribution is 2.41. The maximum atomic E-state index is 13.6. The third-order valence-corrected chi connectivity index (χ3v) is 7.81. The van der Waals surface area contributed by atoms with E-state index in [2.05, 4.69) is 41.1 Å². The average molecular weight is 571 g/mol. The number of aryl methyl sites for hydroxylation is 1. The first kappa shape index (κ1) is 27.4. The Morgan fingerprint density at radius 3 is 2.69 bits per heavy atom. The Morgan fingerprint density at radius 2 is 2.02 bits per heavy atom. The van der Waals surface area contributed by atoms with Gasteiger partial charge in [-0.05, 0) is 63.8 Å². The van der Waals surface area contributed by atoms with Crippen LogP contribution in [-0.4, -0.2) is 58.8 Å². The first-order chi connectivity index (χ1) is 20.3. The number of anilines is 2. The number of halogens is 1. The number of carbonyl (C=O) groups excluding carboxylic acids is 1. The van der Waals surface area contributed by atoms with Crippen LogP contribution >= 0.6 is 0 Å². The van der Waals surface area contributed by atoms with E-state index in [1.165, 1.54) is 10.9 Å². The van der Waals surface area contributed by atoms with Gasteiger partial charge in [-0.25, -0.2) is 14.1 Å². The minimum Gasteiger partial charge on any atom is -0.368 e. The van der Waals surface area contributed by atoms with Crippen molar-refractivity contribution >= 4 is 28.4 Å². The molecule has 0 unspecified atom stereocenters. The van der Waals surface area contributed by atoms with Crippen LogP contribution in [0.2, 0.25) is 0 Å². The maximum absolute atomic E-state index is 13.6. The molecule has 1 atom stereocenters. The molecule has 6 rings (SSSR count). The number of aromatic nitrogens is 8. The number of fused-ring (bicyclic) bond motifs is 1. The number of nitrogens with zero attached hydrogens (tertiary/aromatic N) is 7. The molecule has 0 aromatic carbocycles. The first-order valence-electron chi connectivity index (χ1n) is 13.8. The number of nitrogens with one attached hydrogen (secondary N) is 3. The summed E-state index contributed by atoms with van der Waals surface area (Å²) in [4.78, 5) is 23.1. The minimum atomic E-state index is -0.976. The van der Waals surface area contributed by atoms with Crippen LogP contribution in [0, 0.1) is 12.7 Å². The molecule has 3 N–H and O–H groups in total. The summed E-state index contributed by atoms with van der Waals surface area (Å²) >= 11 is 0. The Hall–Kier alpha value is -4.78. The van der Waals surface area contributed by atoms with Gasteiger partial charge in [-0.3, -0.25) is 14.9 Å². The number of hydrogen-bond donors (Lipinski definition) is 3. The van der Waals surface area contributed by atoms with E-state index >= 15 is 0 Å². The molecule has 42 heavy (non-hydrogen) atoms. The van der Waals surface area contributed by atoms with Gasteiger partial charge in [0.2, 0.25) is 0 Å². The molecule has 216 valence electrons. The lowest BCUT2D eigenvalue weighted by Crippen LogP contribution is -2.51. The van der Waals surface area contributed by atoms with Crippen molar-refractivity contribution in [2.24, 2.45) is 0 Å². The minimum absolute atomic E-state index is 0.101. The van der Waals surface area contributed by atoms with Gasteiger partial charge in [0.1, 0.15) is 11.4 Å². The standard InChI is InChI=1S/C29H31FN10O2/c1-17-13-24(38-36-17)34-23-14-20-5-4-12-31-26(20)27(35-23)19-8-10-29(42-3,11-9-19)28(41)33-18(2)22-6-7-25(39-37-22)40-16-21(30)15-32-40/h4-7,12-16,18-19H,8-11H2,1-3H3,(H,33,41)(H2,34,35,36,38)/t18-,19-,29+/m0/s1. The maximum Gasteiger partial charge on any atom is 0.252 e. The van der Waals surface area contributed by atoms with Crippen molar-refractivity contribution in [2.45, 2.75) is 57.1 Å². The van der Waals surface area contributed by atoms with Crippen molar-refractivity contribution in [3.05, 3.63) is 77.9 Å². The largest absolute Gasteiger partial charge is 0.368 e. The molecule has 1 fully saturated rings. The molecule has 1 amide bonds. The quantitative estimate of drug-likeness (QED) is 0.246. The van der Waals surface area contributed by atoms with Crippen molar-refractivity contribution in [3.8, 4) is 5.82 Å². The van der Waals surface area contributed by atoms with Gasteiger partial charge in [-0.1, -0.05) is 6.07 Å².